The van der Waals surface area contributed by atoms with Crippen molar-refractivity contribution in [3.8, 4) is 11.5 Å². The SMILES string of the molecule is COc1ccc2nc3cc(F)ccc3c(Cc3ccc(O)c(CN4CCN(CCN(C)C)CC4)c3)c2c1. The molecule has 6 nitrogen and oxygen atoms in total. The fraction of sp³-hybridized carbons (Fsp3) is 0.367. The zero-order chi connectivity index (χ0) is 25.9. The summed E-state index contributed by atoms with van der Waals surface area (Å²) in [6.45, 7) is 6.94. The summed E-state index contributed by atoms with van der Waals surface area (Å²) < 4.78 is 19.5. The van der Waals surface area contributed by atoms with Crippen LogP contribution in [0.3, 0.4) is 0 Å². The quantitative estimate of drug-likeness (QED) is 0.358. The van der Waals surface area contributed by atoms with Crippen LogP contribution in [0.4, 0.5) is 4.39 Å². The molecule has 0 spiro atoms. The largest absolute Gasteiger partial charge is 0.508 e. The summed E-state index contributed by atoms with van der Waals surface area (Å²) >= 11 is 0. The predicted molar refractivity (Wildman–Crippen MR) is 147 cm³/mol. The number of rotatable bonds is 8. The maximum Gasteiger partial charge on any atom is 0.125 e. The Morgan fingerprint density at radius 1 is 0.919 bits per heavy atom. The zero-order valence-electron chi connectivity index (χ0n) is 21.9. The molecule has 37 heavy (non-hydrogen) atoms. The molecule has 2 heterocycles. The number of halogens is 1. The lowest BCUT2D eigenvalue weighted by Gasteiger charge is -2.35. The van der Waals surface area contributed by atoms with Crippen LogP contribution >= 0.6 is 0 Å². The number of nitrogens with zero attached hydrogens (tertiary/aromatic N) is 4. The van der Waals surface area contributed by atoms with Gasteiger partial charge in [-0.2, -0.15) is 0 Å². The minimum absolute atomic E-state index is 0.299. The first-order chi connectivity index (χ1) is 17.9. The first kappa shape index (κ1) is 25.4. The van der Waals surface area contributed by atoms with E-state index in [1.54, 1.807) is 13.2 Å². The fourth-order valence-electron chi connectivity index (χ4n) is 5.13. The van der Waals surface area contributed by atoms with E-state index in [1.807, 2.05) is 30.3 Å². The van der Waals surface area contributed by atoms with Gasteiger partial charge in [0.1, 0.15) is 17.3 Å². The van der Waals surface area contributed by atoms with Gasteiger partial charge in [-0.05, 0) is 68.0 Å². The number of aromatic nitrogens is 1. The lowest BCUT2D eigenvalue weighted by atomic mass is 9.95. The van der Waals surface area contributed by atoms with E-state index in [2.05, 4.69) is 34.9 Å². The number of ether oxygens (including phenoxy) is 1. The molecule has 1 aliphatic heterocycles. The van der Waals surface area contributed by atoms with Crippen LogP contribution in [-0.2, 0) is 13.0 Å². The van der Waals surface area contributed by atoms with Gasteiger partial charge < -0.3 is 14.7 Å². The van der Waals surface area contributed by atoms with Crippen molar-refractivity contribution in [2.45, 2.75) is 13.0 Å². The third-order valence-corrected chi connectivity index (χ3v) is 7.30. The van der Waals surface area contributed by atoms with Gasteiger partial charge >= 0.3 is 0 Å². The predicted octanol–water partition coefficient (Wildman–Crippen LogP) is 4.51. The molecular weight excluding hydrogens is 467 g/mol. The lowest BCUT2D eigenvalue weighted by Crippen LogP contribution is -2.47. The Morgan fingerprint density at radius 2 is 1.70 bits per heavy atom. The highest BCUT2D eigenvalue weighted by molar-refractivity contribution is 5.98. The minimum Gasteiger partial charge on any atom is -0.508 e. The first-order valence-electron chi connectivity index (χ1n) is 12.9. The van der Waals surface area contributed by atoms with Crippen molar-refractivity contribution in [3.63, 3.8) is 0 Å². The molecule has 1 aliphatic rings. The molecule has 5 rings (SSSR count). The van der Waals surface area contributed by atoms with Gasteiger partial charge in [0.2, 0.25) is 0 Å². The second-order valence-electron chi connectivity index (χ2n) is 10.2. The van der Waals surface area contributed by atoms with Gasteiger partial charge in [0, 0.05) is 68.2 Å². The van der Waals surface area contributed by atoms with E-state index in [9.17, 15) is 9.50 Å². The van der Waals surface area contributed by atoms with Gasteiger partial charge in [0.05, 0.1) is 18.1 Å². The average Bonchev–Trinajstić information content (AvgIpc) is 2.89. The molecule has 1 fully saturated rings. The molecule has 1 N–H and O–H groups in total. The van der Waals surface area contributed by atoms with Gasteiger partial charge in [0.15, 0.2) is 0 Å². The van der Waals surface area contributed by atoms with Crippen molar-refractivity contribution in [1.29, 1.82) is 0 Å². The molecule has 0 unspecified atom stereocenters. The number of piperazine rings is 1. The Labute approximate surface area is 217 Å². The van der Waals surface area contributed by atoms with Crippen LogP contribution in [0.1, 0.15) is 16.7 Å². The topological polar surface area (TPSA) is 52.1 Å². The van der Waals surface area contributed by atoms with E-state index in [-0.39, 0.29) is 5.82 Å². The van der Waals surface area contributed by atoms with Crippen LogP contribution in [0.15, 0.2) is 54.6 Å². The van der Waals surface area contributed by atoms with Crippen molar-refractivity contribution >= 4 is 21.8 Å². The number of methoxy groups -OCH3 is 1. The smallest absolute Gasteiger partial charge is 0.125 e. The minimum atomic E-state index is -0.299. The van der Waals surface area contributed by atoms with Crippen molar-refractivity contribution in [2.75, 3.05) is 60.5 Å². The summed E-state index contributed by atoms with van der Waals surface area (Å²) in [5.41, 5.74) is 4.55. The molecule has 0 radical (unpaired) electrons. The monoisotopic (exact) mass is 502 g/mol. The summed E-state index contributed by atoms with van der Waals surface area (Å²) in [4.78, 5) is 11.8. The number of aromatic hydroxyl groups is 1. The fourth-order valence-corrected chi connectivity index (χ4v) is 5.13. The Hall–Kier alpha value is -3.26. The summed E-state index contributed by atoms with van der Waals surface area (Å²) in [5.74, 6) is 0.785. The van der Waals surface area contributed by atoms with Gasteiger partial charge in [-0.3, -0.25) is 9.80 Å². The van der Waals surface area contributed by atoms with Crippen LogP contribution in [0.25, 0.3) is 21.8 Å². The van der Waals surface area contributed by atoms with E-state index < -0.39 is 0 Å². The van der Waals surface area contributed by atoms with Crippen LogP contribution < -0.4 is 4.74 Å². The van der Waals surface area contributed by atoms with Crippen LogP contribution in [0, 0.1) is 5.82 Å². The zero-order valence-corrected chi connectivity index (χ0v) is 21.9. The Kier molecular flexibility index (Phi) is 7.55. The highest BCUT2D eigenvalue weighted by Crippen LogP contribution is 2.32. The van der Waals surface area contributed by atoms with E-state index in [0.29, 0.717) is 17.7 Å². The van der Waals surface area contributed by atoms with Gasteiger partial charge in [-0.15, -0.1) is 0 Å². The molecule has 7 heteroatoms. The average molecular weight is 503 g/mol. The molecule has 1 aromatic heterocycles. The first-order valence-corrected chi connectivity index (χ1v) is 12.9. The maximum absolute atomic E-state index is 14.0. The standard InChI is InChI=1S/C30H35FN4O2/c1-33(2)10-11-34-12-14-35(15-13-34)20-22-16-21(4-9-30(22)36)17-26-25-7-5-23(31)18-29(25)32-28-8-6-24(37-3)19-27(26)28/h4-9,16,18-19,36H,10-15,17,20H2,1-3H3. The van der Waals surface area contributed by atoms with Crippen LogP contribution in [-0.4, -0.2) is 85.3 Å². The van der Waals surface area contributed by atoms with Crippen molar-refractivity contribution in [3.05, 3.63) is 77.1 Å². The summed E-state index contributed by atoms with van der Waals surface area (Å²) in [6.07, 6.45) is 0.639. The van der Waals surface area contributed by atoms with Crippen molar-refractivity contribution < 1.29 is 14.2 Å². The Morgan fingerprint density at radius 3 is 2.46 bits per heavy atom. The molecular formula is C30H35FN4O2. The molecule has 1 saturated heterocycles. The lowest BCUT2D eigenvalue weighted by molar-refractivity contribution is 0.120. The normalized spacial score (nSPS) is 15.2. The highest BCUT2D eigenvalue weighted by atomic mass is 19.1. The summed E-state index contributed by atoms with van der Waals surface area (Å²) in [6, 6.07) is 16.5. The molecule has 0 aliphatic carbocycles. The number of hydrogen-bond donors (Lipinski definition) is 1. The second kappa shape index (κ2) is 11.0. The second-order valence-corrected chi connectivity index (χ2v) is 10.2. The van der Waals surface area contributed by atoms with Crippen LogP contribution in [0.5, 0.6) is 11.5 Å². The van der Waals surface area contributed by atoms with E-state index in [1.165, 1.54) is 12.1 Å². The number of hydrogen-bond acceptors (Lipinski definition) is 6. The van der Waals surface area contributed by atoms with Gasteiger partial charge in [0.25, 0.3) is 0 Å². The molecule has 194 valence electrons. The molecule has 0 bridgehead atoms. The van der Waals surface area contributed by atoms with Crippen molar-refractivity contribution in [2.24, 2.45) is 0 Å². The van der Waals surface area contributed by atoms with E-state index in [4.69, 9.17) is 9.72 Å². The van der Waals surface area contributed by atoms with Gasteiger partial charge in [-0.25, -0.2) is 9.37 Å². The van der Waals surface area contributed by atoms with Crippen LogP contribution in [0.2, 0.25) is 0 Å². The third kappa shape index (κ3) is 5.85. The molecule has 0 amide bonds. The number of fused-ring (bicyclic) bond motifs is 2. The summed E-state index contributed by atoms with van der Waals surface area (Å²) in [7, 11) is 5.87. The van der Waals surface area contributed by atoms with E-state index in [0.717, 1.165) is 84.5 Å². The Balaban J connectivity index is 1.41. The molecule has 0 saturated carbocycles. The number of phenols is 1. The number of phenolic OH excluding ortho intramolecular Hbond substituents is 1. The van der Waals surface area contributed by atoms with Crippen molar-refractivity contribution in [1.82, 2.24) is 19.7 Å². The maximum atomic E-state index is 14.0. The highest BCUT2D eigenvalue weighted by Gasteiger charge is 2.19. The molecule has 3 aromatic carbocycles. The number of likely N-dealkylation sites (N-methyl/N-ethyl adjacent to an activating group) is 1. The Bertz CT molecular complexity index is 1400. The van der Waals surface area contributed by atoms with E-state index >= 15 is 0 Å². The number of benzene rings is 3. The molecule has 0 atom stereocenters. The number of pyridine rings is 1. The third-order valence-electron chi connectivity index (χ3n) is 7.30. The van der Waals surface area contributed by atoms with Gasteiger partial charge in [-0.1, -0.05) is 12.1 Å². The summed E-state index contributed by atoms with van der Waals surface area (Å²) in [5, 5.41) is 12.6. The molecule has 4 aromatic rings.